The van der Waals surface area contributed by atoms with E-state index in [0.29, 0.717) is 18.1 Å². The van der Waals surface area contributed by atoms with Crippen molar-refractivity contribution in [2.75, 3.05) is 12.8 Å². The van der Waals surface area contributed by atoms with Gasteiger partial charge in [0.05, 0.1) is 13.3 Å². The van der Waals surface area contributed by atoms with Gasteiger partial charge in [-0.15, -0.1) is 0 Å². The van der Waals surface area contributed by atoms with Gasteiger partial charge in [-0.05, 0) is 46.7 Å². The van der Waals surface area contributed by atoms with Gasteiger partial charge in [0.1, 0.15) is 6.61 Å². The third-order valence-electron chi connectivity index (χ3n) is 3.50. The molecule has 0 fully saturated rings. The Morgan fingerprint density at radius 2 is 1.96 bits per heavy atom. The van der Waals surface area contributed by atoms with Crippen LogP contribution < -0.4 is 15.2 Å². The van der Waals surface area contributed by atoms with E-state index in [9.17, 15) is 0 Å². The molecule has 3 aromatic rings. The summed E-state index contributed by atoms with van der Waals surface area (Å²) in [5, 5.41) is 14.7. The minimum atomic E-state index is 0.112. The summed E-state index contributed by atoms with van der Waals surface area (Å²) in [4.78, 5) is 1.13. The number of aromatic nitrogens is 4. The highest BCUT2D eigenvalue weighted by molar-refractivity contribution is 5.80. The number of ether oxygens (including phenoxy) is 2. The van der Waals surface area contributed by atoms with Crippen LogP contribution in [0.2, 0.25) is 0 Å². The molecule has 0 spiro atoms. The third kappa shape index (κ3) is 4.11. The monoisotopic (exact) mass is 338 g/mol. The average molecular weight is 338 g/mol. The maximum absolute atomic E-state index is 5.85. The molecule has 3 rings (SSSR count). The lowest BCUT2D eigenvalue weighted by Crippen LogP contribution is -2.00. The van der Waals surface area contributed by atoms with Gasteiger partial charge in [-0.2, -0.15) is 5.10 Å². The lowest BCUT2D eigenvalue weighted by atomic mass is 10.2. The molecule has 25 heavy (non-hydrogen) atoms. The minimum Gasteiger partial charge on any atom is -0.493 e. The van der Waals surface area contributed by atoms with Gasteiger partial charge in [0.15, 0.2) is 11.5 Å². The molecular formula is C17H18N6O2. The number of hydrogen-bond donors (Lipinski definition) is 1. The molecule has 0 aliphatic heterocycles. The molecule has 2 aromatic carbocycles. The van der Waals surface area contributed by atoms with E-state index in [1.165, 1.54) is 5.56 Å². The van der Waals surface area contributed by atoms with Crippen molar-refractivity contribution >= 4 is 12.2 Å². The molecule has 8 nitrogen and oxygen atoms in total. The first-order valence-corrected chi connectivity index (χ1v) is 7.60. The van der Waals surface area contributed by atoms with Crippen molar-refractivity contribution in [2.24, 2.45) is 5.10 Å². The number of nitrogens with zero attached hydrogens (tertiary/aromatic N) is 5. The van der Waals surface area contributed by atoms with Gasteiger partial charge in [-0.1, -0.05) is 39.7 Å². The van der Waals surface area contributed by atoms with Crippen LogP contribution in [0.4, 0.5) is 5.95 Å². The van der Waals surface area contributed by atoms with Crippen LogP contribution in [0.15, 0.2) is 47.6 Å². The lowest BCUT2D eigenvalue weighted by molar-refractivity contribution is 0.284. The molecular weight excluding hydrogens is 320 g/mol. The van der Waals surface area contributed by atoms with Crippen LogP contribution in [0, 0.1) is 6.92 Å². The molecule has 0 saturated heterocycles. The van der Waals surface area contributed by atoms with Crippen LogP contribution in [0.3, 0.4) is 0 Å². The van der Waals surface area contributed by atoms with Crippen LogP contribution >= 0.6 is 0 Å². The van der Waals surface area contributed by atoms with Crippen LogP contribution in [-0.2, 0) is 6.61 Å². The predicted molar refractivity (Wildman–Crippen MR) is 93.7 cm³/mol. The van der Waals surface area contributed by atoms with Crippen molar-refractivity contribution in [3.63, 3.8) is 0 Å². The molecule has 2 N–H and O–H groups in total. The van der Waals surface area contributed by atoms with Gasteiger partial charge >= 0.3 is 0 Å². The zero-order valence-electron chi connectivity index (χ0n) is 14.0. The standard InChI is InChI=1S/C17H18N6O2/c1-12-3-5-13(6-4-12)11-25-15-8-7-14(9-16(15)24-2)10-19-23-17(18)20-21-22-23/h3-10H,11H2,1-2H3,(H2,18,20,22)/b19-10+. The Balaban J connectivity index is 1.72. The second kappa shape index (κ2) is 7.43. The number of aryl methyl sites for hydroxylation is 1. The Morgan fingerprint density at radius 3 is 2.64 bits per heavy atom. The van der Waals surface area contributed by atoms with Crippen LogP contribution in [0.1, 0.15) is 16.7 Å². The Kier molecular flexibility index (Phi) is 4.89. The van der Waals surface area contributed by atoms with E-state index in [2.05, 4.69) is 39.7 Å². The number of anilines is 1. The SMILES string of the molecule is COc1cc(/C=N/n2nnnc2N)ccc1OCc1ccc(C)cc1. The summed E-state index contributed by atoms with van der Waals surface area (Å²) in [6.07, 6.45) is 1.58. The Hall–Kier alpha value is -3.42. The molecule has 0 aliphatic rings. The number of nitrogens with two attached hydrogens (primary N) is 1. The van der Waals surface area contributed by atoms with E-state index < -0.39 is 0 Å². The molecule has 1 heterocycles. The van der Waals surface area contributed by atoms with Gasteiger partial charge in [0.25, 0.3) is 5.95 Å². The van der Waals surface area contributed by atoms with E-state index in [4.69, 9.17) is 15.2 Å². The fourth-order valence-corrected chi connectivity index (χ4v) is 2.12. The summed E-state index contributed by atoms with van der Waals surface area (Å²) in [5.41, 5.74) is 8.66. The zero-order chi connectivity index (χ0) is 17.6. The summed E-state index contributed by atoms with van der Waals surface area (Å²) < 4.78 is 11.2. The summed E-state index contributed by atoms with van der Waals surface area (Å²) >= 11 is 0. The lowest BCUT2D eigenvalue weighted by Gasteiger charge is -2.11. The van der Waals surface area contributed by atoms with E-state index in [-0.39, 0.29) is 5.95 Å². The maximum atomic E-state index is 5.85. The molecule has 128 valence electrons. The molecule has 0 saturated carbocycles. The molecule has 0 atom stereocenters. The minimum absolute atomic E-state index is 0.112. The topological polar surface area (TPSA) is 100 Å². The first-order valence-electron chi connectivity index (χ1n) is 7.60. The average Bonchev–Trinajstić information content (AvgIpc) is 3.04. The molecule has 0 radical (unpaired) electrons. The van der Waals surface area contributed by atoms with E-state index in [1.807, 2.05) is 30.3 Å². The van der Waals surface area contributed by atoms with Crippen molar-refractivity contribution in [1.82, 2.24) is 20.3 Å². The fourth-order valence-electron chi connectivity index (χ4n) is 2.12. The first kappa shape index (κ1) is 16.4. The maximum Gasteiger partial charge on any atom is 0.263 e. The van der Waals surface area contributed by atoms with Crippen molar-refractivity contribution in [1.29, 1.82) is 0 Å². The Bertz CT molecular complexity index is 873. The first-order chi connectivity index (χ1) is 12.2. The Labute approximate surface area is 144 Å². The second-order valence-corrected chi connectivity index (χ2v) is 5.36. The molecule has 0 aliphatic carbocycles. The predicted octanol–water partition coefficient (Wildman–Crippen LogP) is 2.03. The molecule has 0 unspecified atom stereocenters. The van der Waals surface area contributed by atoms with Gasteiger partial charge < -0.3 is 15.2 Å². The van der Waals surface area contributed by atoms with Gasteiger partial charge in [0.2, 0.25) is 0 Å². The largest absolute Gasteiger partial charge is 0.493 e. The summed E-state index contributed by atoms with van der Waals surface area (Å²) in [7, 11) is 1.59. The number of benzene rings is 2. The quantitative estimate of drug-likeness (QED) is 0.690. The number of nitrogen functional groups attached to an aromatic ring is 1. The third-order valence-corrected chi connectivity index (χ3v) is 3.50. The molecule has 1 aromatic heterocycles. The van der Waals surface area contributed by atoms with Gasteiger partial charge in [0, 0.05) is 0 Å². The molecule has 0 amide bonds. The van der Waals surface area contributed by atoms with Crippen molar-refractivity contribution < 1.29 is 9.47 Å². The zero-order valence-corrected chi connectivity index (χ0v) is 14.0. The number of hydrogen-bond acceptors (Lipinski definition) is 7. The second-order valence-electron chi connectivity index (χ2n) is 5.36. The smallest absolute Gasteiger partial charge is 0.263 e. The summed E-state index contributed by atoms with van der Waals surface area (Å²) in [6, 6.07) is 13.7. The number of rotatable bonds is 6. The summed E-state index contributed by atoms with van der Waals surface area (Å²) in [5.74, 6) is 1.38. The van der Waals surface area contributed by atoms with E-state index in [0.717, 1.165) is 15.9 Å². The number of tetrazole rings is 1. The van der Waals surface area contributed by atoms with Crippen LogP contribution in [0.25, 0.3) is 0 Å². The van der Waals surface area contributed by atoms with Crippen LogP contribution in [0.5, 0.6) is 11.5 Å². The normalized spacial score (nSPS) is 11.0. The highest BCUT2D eigenvalue weighted by Gasteiger charge is 2.06. The van der Waals surface area contributed by atoms with Crippen LogP contribution in [-0.4, -0.2) is 33.6 Å². The Morgan fingerprint density at radius 1 is 1.16 bits per heavy atom. The molecule has 0 bridgehead atoms. The highest BCUT2D eigenvalue weighted by atomic mass is 16.5. The van der Waals surface area contributed by atoms with Crippen molar-refractivity contribution in [2.45, 2.75) is 13.5 Å². The van der Waals surface area contributed by atoms with Crippen molar-refractivity contribution in [3.8, 4) is 11.5 Å². The summed E-state index contributed by atoms with van der Waals surface area (Å²) in [6.45, 7) is 2.52. The van der Waals surface area contributed by atoms with Gasteiger partial charge in [-0.3, -0.25) is 0 Å². The van der Waals surface area contributed by atoms with Crippen molar-refractivity contribution in [3.05, 3.63) is 59.2 Å². The fraction of sp³-hybridized carbons (Fsp3) is 0.176. The van der Waals surface area contributed by atoms with E-state index >= 15 is 0 Å². The molecule has 8 heteroatoms. The van der Waals surface area contributed by atoms with Gasteiger partial charge in [-0.25, -0.2) is 0 Å². The highest BCUT2D eigenvalue weighted by Crippen LogP contribution is 2.28. The number of methoxy groups -OCH3 is 1. The van der Waals surface area contributed by atoms with E-state index in [1.54, 1.807) is 13.3 Å².